The molecule has 0 aromatic heterocycles. The second-order valence-corrected chi connectivity index (χ2v) is 20.6. The second-order valence-electron chi connectivity index (χ2n) is 20.6. The number of aliphatic hydroxyl groups is 2. The van der Waals surface area contributed by atoms with Crippen LogP contribution in [0, 0.1) is 0 Å². The smallest absolute Gasteiger partial charge is 0.335 e. The van der Waals surface area contributed by atoms with E-state index in [-0.39, 0.29) is 25.9 Å². The van der Waals surface area contributed by atoms with Gasteiger partial charge in [-0.15, -0.1) is 0 Å². The van der Waals surface area contributed by atoms with Crippen LogP contribution in [0.5, 0.6) is 0 Å². The number of rotatable bonds is 51. The minimum absolute atomic E-state index is 0.0562. The monoisotopic (exact) mass is 1010 g/mol. The van der Waals surface area contributed by atoms with Crippen LogP contribution in [-0.4, -0.2) is 89.2 Å². The molecule has 416 valence electrons. The van der Waals surface area contributed by atoms with Crippen molar-refractivity contribution in [3.8, 4) is 0 Å². The van der Waals surface area contributed by atoms with Crippen molar-refractivity contribution in [1.82, 2.24) is 0 Å². The number of carbonyl (C=O) groups excluding carboxylic acids is 3. The largest absolute Gasteiger partial charge is 0.479 e. The van der Waals surface area contributed by atoms with E-state index in [9.17, 15) is 34.5 Å². The first-order valence-corrected chi connectivity index (χ1v) is 29.7. The van der Waals surface area contributed by atoms with E-state index in [1.807, 2.05) is 0 Å². The highest BCUT2D eigenvalue weighted by Crippen LogP contribution is 2.27. The lowest BCUT2D eigenvalue weighted by Gasteiger charge is -2.40. The zero-order chi connectivity index (χ0) is 51.8. The summed E-state index contributed by atoms with van der Waals surface area (Å²) in [6, 6.07) is 0. The molecule has 1 rings (SSSR count). The zero-order valence-corrected chi connectivity index (χ0v) is 45.7. The quantitative estimate of drug-likeness (QED) is 0.0228. The first kappa shape index (κ1) is 66.5. The number of hydrogen-bond acceptors (Lipinski definition) is 11. The first-order valence-electron chi connectivity index (χ1n) is 29.7. The summed E-state index contributed by atoms with van der Waals surface area (Å²) in [5, 5.41) is 31.4. The van der Waals surface area contributed by atoms with Crippen LogP contribution in [0.2, 0.25) is 0 Å². The fourth-order valence-electron chi connectivity index (χ4n) is 9.25. The third-order valence-electron chi connectivity index (χ3n) is 13.8. The molecule has 1 heterocycles. The molecular weight excluding hydrogens is 901 g/mol. The molecule has 1 aliphatic heterocycles. The number of carboxylic acids is 1. The van der Waals surface area contributed by atoms with Gasteiger partial charge in [0.2, 0.25) is 0 Å². The molecule has 6 atom stereocenters. The molecule has 12 nitrogen and oxygen atoms in total. The van der Waals surface area contributed by atoms with Gasteiger partial charge in [0, 0.05) is 19.3 Å². The first-order chi connectivity index (χ1) is 34.6. The highest BCUT2D eigenvalue weighted by atomic mass is 16.7. The third-order valence-corrected chi connectivity index (χ3v) is 13.8. The molecule has 0 aromatic rings. The van der Waals surface area contributed by atoms with E-state index in [1.54, 1.807) is 0 Å². The van der Waals surface area contributed by atoms with Gasteiger partial charge in [0.05, 0.1) is 6.61 Å². The van der Waals surface area contributed by atoms with Crippen LogP contribution in [0.3, 0.4) is 0 Å². The standard InChI is InChI=1S/C59H108O12/c1-4-7-10-13-16-19-21-23-24-25-26-27-28-30-31-34-36-39-42-45-51(60)67-48-50(69-52(61)46-43-40-37-33-18-15-12-9-6-3)49-68-59-57(55(64)54(63)56(71-59)58(65)66)70-53(62)47-44-41-38-35-32-29-22-20-17-14-11-8-5-2/h20,22,50,54-57,59,63-64H,4-19,21,23-49H2,1-3H3,(H,65,66)/b22-20-. The zero-order valence-electron chi connectivity index (χ0n) is 45.7. The number of carbonyl (C=O) groups is 4. The average molecular weight is 1010 g/mol. The fraction of sp³-hybridized carbons (Fsp3) is 0.898. The van der Waals surface area contributed by atoms with Crippen molar-refractivity contribution in [2.75, 3.05) is 13.2 Å². The number of ether oxygens (including phenoxy) is 5. The molecule has 1 saturated heterocycles. The molecule has 0 saturated carbocycles. The Labute approximate surface area is 433 Å². The summed E-state index contributed by atoms with van der Waals surface area (Å²) in [4.78, 5) is 50.9. The molecule has 0 radical (unpaired) electrons. The van der Waals surface area contributed by atoms with Gasteiger partial charge in [-0.2, -0.15) is 0 Å². The molecule has 0 aromatic carbocycles. The molecular formula is C59H108O12. The number of unbranched alkanes of at least 4 members (excludes halogenated alkanes) is 35. The predicted octanol–water partition coefficient (Wildman–Crippen LogP) is 14.9. The lowest BCUT2D eigenvalue weighted by atomic mass is 9.98. The molecule has 0 spiro atoms. The van der Waals surface area contributed by atoms with Gasteiger partial charge in [0.15, 0.2) is 24.6 Å². The van der Waals surface area contributed by atoms with E-state index >= 15 is 0 Å². The van der Waals surface area contributed by atoms with Gasteiger partial charge in [-0.3, -0.25) is 14.4 Å². The maximum atomic E-state index is 13.1. The second kappa shape index (κ2) is 48.4. The fourth-order valence-corrected chi connectivity index (χ4v) is 9.25. The Balaban J connectivity index is 2.61. The van der Waals surface area contributed by atoms with Gasteiger partial charge in [-0.1, -0.05) is 238 Å². The van der Waals surface area contributed by atoms with Crippen molar-refractivity contribution in [1.29, 1.82) is 0 Å². The summed E-state index contributed by atoms with van der Waals surface area (Å²) in [5.41, 5.74) is 0. The summed E-state index contributed by atoms with van der Waals surface area (Å²) in [7, 11) is 0. The number of esters is 3. The Morgan fingerprint density at radius 2 is 0.803 bits per heavy atom. The van der Waals surface area contributed by atoms with Crippen molar-refractivity contribution < 1.29 is 58.2 Å². The summed E-state index contributed by atoms with van der Waals surface area (Å²) in [6.45, 7) is 5.98. The molecule has 1 fully saturated rings. The van der Waals surface area contributed by atoms with E-state index in [0.29, 0.717) is 19.3 Å². The molecule has 3 N–H and O–H groups in total. The Hall–Kier alpha value is -2.54. The number of allylic oxidation sites excluding steroid dienone is 2. The van der Waals surface area contributed by atoms with E-state index in [0.717, 1.165) is 77.0 Å². The van der Waals surface area contributed by atoms with Crippen LogP contribution < -0.4 is 0 Å². The Morgan fingerprint density at radius 1 is 0.451 bits per heavy atom. The maximum Gasteiger partial charge on any atom is 0.335 e. The molecule has 0 bridgehead atoms. The minimum Gasteiger partial charge on any atom is -0.479 e. The number of aliphatic carboxylic acids is 1. The predicted molar refractivity (Wildman–Crippen MR) is 285 cm³/mol. The Morgan fingerprint density at radius 3 is 1.21 bits per heavy atom. The molecule has 71 heavy (non-hydrogen) atoms. The molecule has 12 heteroatoms. The molecule has 0 amide bonds. The van der Waals surface area contributed by atoms with E-state index in [1.165, 1.54) is 154 Å². The average Bonchev–Trinajstić information content (AvgIpc) is 3.35. The lowest BCUT2D eigenvalue weighted by molar-refractivity contribution is -0.301. The van der Waals surface area contributed by atoms with E-state index < -0.39 is 67.3 Å². The highest BCUT2D eigenvalue weighted by molar-refractivity contribution is 5.74. The van der Waals surface area contributed by atoms with Crippen LogP contribution in [0.15, 0.2) is 12.2 Å². The Bertz CT molecular complexity index is 1290. The van der Waals surface area contributed by atoms with Crippen molar-refractivity contribution >= 4 is 23.9 Å². The van der Waals surface area contributed by atoms with Crippen molar-refractivity contribution in [3.63, 3.8) is 0 Å². The number of carboxylic acid groups (broad SMARTS) is 1. The Kier molecular flexibility index (Phi) is 45.3. The van der Waals surface area contributed by atoms with Crippen LogP contribution in [-0.2, 0) is 42.9 Å². The lowest BCUT2D eigenvalue weighted by Crippen LogP contribution is -2.61. The molecule has 1 aliphatic rings. The van der Waals surface area contributed by atoms with Crippen molar-refractivity contribution in [3.05, 3.63) is 12.2 Å². The highest BCUT2D eigenvalue weighted by Gasteiger charge is 2.50. The van der Waals surface area contributed by atoms with Gasteiger partial charge < -0.3 is 39.0 Å². The molecule has 0 aliphatic carbocycles. The molecule has 6 unspecified atom stereocenters. The minimum atomic E-state index is -1.90. The van der Waals surface area contributed by atoms with Gasteiger partial charge >= 0.3 is 23.9 Å². The maximum absolute atomic E-state index is 13.1. The number of hydrogen-bond donors (Lipinski definition) is 3. The normalized spacial score (nSPS) is 18.5. The SMILES string of the molecule is CCCCCC/C=C\CCCCCCCC(=O)OC1C(OCC(COC(=O)CCCCCCCCCCCCCCCCCCCCC)OC(=O)CCCCCCCCCCC)OC(C(=O)O)C(O)C1O. The van der Waals surface area contributed by atoms with Gasteiger partial charge in [-0.25, -0.2) is 4.79 Å². The summed E-state index contributed by atoms with van der Waals surface area (Å²) in [5.74, 6) is -3.10. The summed E-state index contributed by atoms with van der Waals surface area (Å²) >= 11 is 0. The summed E-state index contributed by atoms with van der Waals surface area (Å²) < 4.78 is 28.4. The third kappa shape index (κ3) is 38.7. The van der Waals surface area contributed by atoms with Gasteiger partial charge in [-0.05, 0) is 44.9 Å². The van der Waals surface area contributed by atoms with Gasteiger partial charge in [0.1, 0.15) is 18.8 Å². The van der Waals surface area contributed by atoms with Crippen LogP contribution in [0.25, 0.3) is 0 Å². The van der Waals surface area contributed by atoms with Crippen molar-refractivity contribution in [2.24, 2.45) is 0 Å². The van der Waals surface area contributed by atoms with Crippen molar-refractivity contribution in [2.45, 2.75) is 327 Å². The number of aliphatic hydroxyl groups excluding tert-OH is 2. The van der Waals surface area contributed by atoms with Crippen LogP contribution >= 0.6 is 0 Å². The topological polar surface area (TPSA) is 175 Å². The van der Waals surface area contributed by atoms with Gasteiger partial charge in [0.25, 0.3) is 0 Å². The summed E-state index contributed by atoms with van der Waals surface area (Å²) in [6.07, 6.45) is 40.6. The van der Waals surface area contributed by atoms with E-state index in [4.69, 9.17) is 23.7 Å². The van der Waals surface area contributed by atoms with E-state index in [2.05, 4.69) is 32.9 Å². The van der Waals surface area contributed by atoms with Crippen LogP contribution in [0.4, 0.5) is 0 Å². The van der Waals surface area contributed by atoms with Crippen LogP contribution in [0.1, 0.15) is 290 Å².